The standard InChI is InChI=1S/C28H29N3O6S/c1-34-24-15-20(16-25(35-2)26(24)36-3)27-23(17-30-38-27)19-6-5-7-21(14-19)31(37-4)28(33)29-13-12-18-8-10-22(32)11-9-18/h5-11,14-17,32H,12-13H2,1-4H3,(H,29,33). The van der Waals surface area contributed by atoms with Crippen molar-refractivity contribution in [2.45, 2.75) is 6.42 Å². The zero-order valence-electron chi connectivity index (χ0n) is 21.6. The number of amides is 2. The average Bonchev–Trinajstić information content (AvgIpc) is 3.44. The number of ether oxygens (including phenoxy) is 3. The van der Waals surface area contributed by atoms with Crippen LogP contribution in [0.3, 0.4) is 0 Å². The van der Waals surface area contributed by atoms with Crippen LogP contribution < -0.4 is 24.6 Å². The molecule has 10 heteroatoms. The largest absolute Gasteiger partial charge is 0.508 e. The lowest BCUT2D eigenvalue weighted by Crippen LogP contribution is -2.40. The van der Waals surface area contributed by atoms with E-state index in [-0.39, 0.29) is 5.75 Å². The van der Waals surface area contributed by atoms with Crippen molar-refractivity contribution in [2.24, 2.45) is 0 Å². The number of carbonyl (C=O) groups is 1. The Morgan fingerprint density at radius 1 is 0.947 bits per heavy atom. The number of nitrogens with zero attached hydrogens (tertiary/aromatic N) is 2. The van der Waals surface area contributed by atoms with E-state index in [2.05, 4.69) is 9.69 Å². The molecule has 0 spiro atoms. The van der Waals surface area contributed by atoms with Crippen molar-refractivity contribution in [3.63, 3.8) is 0 Å². The van der Waals surface area contributed by atoms with Crippen molar-refractivity contribution in [1.29, 1.82) is 0 Å². The van der Waals surface area contributed by atoms with Crippen molar-refractivity contribution < 1.29 is 28.9 Å². The molecule has 0 bridgehead atoms. The van der Waals surface area contributed by atoms with Crippen LogP contribution >= 0.6 is 11.5 Å². The molecule has 0 saturated heterocycles. The molecule has 4 rings (SSSR count). The van der Waals surface area contributed by atoms with Gasteiger partial charge in [0.15, 0.2) is 11.5 Å². The van der Waals surface area contributed by atoms with Crippen molar-refractivity contribution in [2.75, 3.05) is 40.0 Å². The normalized spacial score (nSPS) is 10.6. The molecule has 38 heavy (non-hydrogen) atoms. The first-order valence-electron chi connectivity index (χ1n) is 11.7. The second-order valence-electron chi connectivity index (χ2n) is 8.16. The fourth-order valence-corrected chi connectivity index (χ4v) is 4.77. The van der Waals surface area contributed by atoms with Gasteiger partial charge in [-0.25, -0.2) is 4.79 Å². The maximum absolute atomic E-state index is 12.9. The lowest BCUT2D eigenvalue weighted by molar-refractivity contribution is 0.163. The summed E-state index contributed by atoms with van der Waals surface area (Å²) < 4.78 is 20.9. The summed E-state index contributed by atoms with van der Waals surface area (Å²) in [5.74, 6) is 1.81. The molecule has 0 fully saturated rings. The molecule has 3 aromatic carbocycles. The Labute approximate surface area is 225 Å². The van der Waals surface area contributed by atoms with Crippen molar-refractivity contribution in [1.82, 2.24) is 9.69 Å². The van der Waals surface area contributed by atoms with Gasteiger partial charge < -0.3 is 24.6 Å². The third-order valence-corrected chi connectivity index (χ3v) is 6.73. The van der Waals surface area contributed by atoms with Gasteiger partial charge in [-0.3, -0.25) is 4.84 Å². The first-order valence-corrected chi connectivity index (χ1v) is 12.5. The highest BCUT2D eigenvalue weighted by molar-refractivity contribution is 7.10. The van der Waals surface area contributed by atoms with Crippen LogP contribution in [0.5, 0.6) is 23.0 Å². The number of phenols is 1. The second-order valence-corrected chi connectivity index (χ2v) is 8.96. The van der Waals surface area contributed by atoms with Gasteiger partial charge in [-0.15, -0.1) is 0 Å². The Morgan fingerprint density at radius 2 is 1.66 bits per heavy atom. The van der Waals surface area contributed by atoms with Gasteiger partial charge in [0.1, 0.15) is 5.75 Å². The van der Waals surface area contributed by atoms with Crippen LogP contribution in [-0.2, 0) is 11.3 Å². The maximum Gasteiger partial charge on any atom is 0.346 e. The topological polar surface area (TPSA) is 102 Å². The molecule has 0 saturated carbocycles. The molecular weight excluding hydrogens is 506 g/mol. The summed E-state index contributed by atoms with van der Waals surface area (Å²) in [5.41, 5.74) is 4.17. The summed E-state index contributed by atoms with van der Waals surface area (Å²) in [7, 11) is 6.16. The number of urea groups is 1. The molecule has 0 atom stereocenters. The predicted octanol–water partition coefficient (Wildman–Crippen LogP) is 5.53. The van der Waals surface area contributed by atoms with Crippen LogP contribution in [0.1, 0.15) is 5.56 Å². The summed E-state index contributed by atoms with van der Waals surface area (Å²) in [6.07, 6.45) is 2.40. The Kier molecular flexibility index (Phi) is 8.67. The molecule has 0 aliphatic carbocycles. The van der Waals surface area contributed by atoms with Crippen LogP contribution in [0.15, 0.2) is 66.9 Å². The number of rotatable bonds is 10. The third kappa shape index (κ3) is 5.82. The Bertz CT molecular complexity index is 1360. The van der Waals surface area contributed by atoms with Crippen LogP contribution in [-0.4, -0.2) is 50.5 Å². The van der Waals surface area contributed by atoms with E-state index in [0.29, 0.717) is 35.9 Å². The number of anilines is 1. The Balaban J connectivity index is 1.56. The quantitative estimate of drug-likeness (QED) is 0.258. The van der Waals surface area contributed by atoms with E-state index in [0.717, 1.165) is 27.1 Å². The molecule has 2 amide bonds. The predicted molar refractivity (Wildman–Crippen MR) is 147 cm³/mol. The monoisotopic (exact) mass is 535 g/mol. The second kappa shape index (κ2) is 12.3. The SMILES string of the molecule is COc1cc(-c2sncc2-c2cccc(N(OC)C(=O)NCCc3ccc(O)cc3)c2)cc(OC)c1OC. The maximum atomic E-state index is 12.9. The van der Waals surface area contributed by atoms with E-state index in [9.17, 15) is 9.90 Å². The molecule has 4 aromatic rings. The first kappa shape index (κ1) is 26.8. The smallest absolute Gasteiger partial charge is 0.346 e. The van der Waals surface area contributed by atoms with Crippen LogP contribution in [0.2, 0.25) is 0 Å². The summed E-state index contributed by atoms with van der Waals surface area (Å²) in [4.78, 5) is 19.2. The number of benzene rings is 3. The number of carbonyl (C=O) groups excluding carboxylic acids is 1. The minimum atomic E-state index is -0.392. The van der Waals surface area contributed by atoms with Crippen LogP contribution in [0.4, 0.5) is 10.5 Å². The molecule has 9 nitrogen and oxygen atoms in total. The summed E-state index contributed by atoms with van der Waals surface area (Å²) in [6, 6.07) is 17.7. The zero-order valence-corrected chi connectivity index (χ0v) is 22.4. The van der Waals surface area contributed by atoms with Crippen molar-refractivity contribution in [3.8, 4) is 44.6 Å². The fraction of sp³-hybridized carbons (Fsp3) is 0.214. The van der Waals surface area contributed by atoms with E-state index < -0.39 is 6.03 Å². The van der Waals surface area contributed by atoms with Gasteiger partial charge >= 0.3 is 6.03 Å². The third-order valence-electron chi connectivity index (χ3n) is 5.88. The summed E-state index contributed by atoms with van der Waals surface area (Å²) in [6.45, 7) is 0.406. The van der Waals surface area contributed by atoms with Crippen molar-refractivity contribution >= 4 is 23.3 Å². The number of aromatic nitrogens is 1. The van der Waals surface area contributed by atoms with Gasteiger partial charge in [-0.1, -0.05) is 24.3 Å². The van der Waals surface area contributed by atoms with Crippen LogP contribution in [0.25, 0.3) is 21.6 Å². The molecule has 1 heterocycles. The molecule has 198 valence electrons. The summed E-state index contributed by atoms with van der Waals surface area (Å²) in [5, 5.41) is 13.5. The highest BCUT2D eigenvalue weighted by Crippen LogP contribution is 2.44. The molecular formula is C28H29N3O6S. The van der Waals surface area contributed by atoms with Gasteiger partial charge in [0.2, 0.25) is 5.75 Å². The van der Waals surface area contributed by atoms with E-state index in [1.165, 1.54) is 23.7 Å². The van der Waals surface area contributed by atoms with Crippen molar-refractivity contribution in [3.05, 3.63) is 72.4 Å². The molecule has 0 aliphatic heterocycles. The van der Waals surface area contributed by atoms with E-state index in [1.807, 2.05) is 42.5 Å². The van der Waals surface area contributed by atoms with Gasteiger partial charge in [0.05, 0.1) is 39.0 Å². The number of hydrogen-bond donors (Lipinski definition) is 2. The summed E-state index contributed by atoms with van der Waals surface area (Å²) >= 11 is 1.34. The number of aromatic hydroxyl groups is 1. The minimum absolute atomic E-state index is 0.206. The Morgan fingerprint density at radius 3 is 2.29 bits per heavy atom. The lowest BCUT2D eigenvalue weighted by atomic mass is 10.0. The number of hydroxylamine groups is 1. The van der Waals surface area contributed by atoms with E-state index in [4.69, 9.17) is 19.0 Å². The molecule has 0 aliphatic rings. The molecule has 1 aromatic heterocycles. The average molecular weight is 536 g/mol. The fourth-order valence-electron chi connectivity index (χ4n) is 4.02. The van der Waals surface area contributed by atoms with Gasteiger partial charge in [0, 0.05) is 23.9 Å². The minimum Gasteiger partial charge on any atom is -0.508 e. The van der Waals surface area contributed by atoms with Crippen LogP contribution in [0, 0.1) is 0 Å². The van der Waals surface area contributed by atoms with Gasteiger partial charge in [-0.05, 0) is 65.5 Å². The lowest BCUT2D eigenvalue weighted by Gasteiger charge is -2.21. The molecule has 0 radical (unpaired) electrons. The molecule has 0 unspecified atom stereocenters. The highest BCUT2D eigenvalue weighted by atomic mass is 32.1. The number of methoxy groups -OCH3 is 3. The zero-order chi connectivity index (χ0) is 27.1. The number of nitrogens with one attached hydrogen (secondary N) is 1. The highest BCUT2D eigenvalue weighted by Gasteiger charge is 2.20. The first-order chi connectivity index (χ1) is 18.5. The Hall–Kier alpha value is -4.28. The van der Waals surface area contributed by atoms with E-state index >= 15 is 0 Å². The number of phenolic OH excluding ortho intramolecular Hbond substituents is 1. The number of hydrogen-bond acceptors (Lipinski definition) is 8. The van der Waals surface area contributed by atoms with E-state index in [1.54, 1.807) is 45.7 Å². The van der Waals surface area contributed by atoms with Gasteiger partial charge in [-0.2, -0.15) is 9.44 Å². The van der Waals surface area contributed by atoms with Gasteiger partial charge in [0.25, 0.3) is 0 Å². The molecule has 2 N–H and O–H groups in total.